The minimum atomic E-state index is 0.716. The minimum absolute atomic E-state index is 0.716. The fraction of sp³-hybridized carbons (Fsp3) is 0.444. The molecule has 112 valence electrons. The summed E-state index contributed by atoms with van der Waals surface area (Å²) in [7, 11) is 0. The second-order valence-electron chi connectivity index (χ2n) is 5.69. The first-order valence-corrected chi connectivity index (χ1v) is 8.75. The van der Waals surface area contributed by atoms with Crippen molar-refractivity contribution in [2.24, 2.45) is 0 Å². The first-order chi connectivity index (χ1) is 10.4. The van der Waals surface area contributed by atoms with Gasteiger partial charge in [-0.25, -0.2) is 0 Å². The lowest BCUT2D eigenvalue weighted by Gasteiger charge is -2.12. The highest BCUT2D eigenvalue weighted by Crippen LogP contribution is 2.19. The average Bonchev–Trinajstić information content (AvgIpc) is 3.19. The Bertz CT molecular complexity index is 532. The van der Waals surface area contributed by atoms with E-state index in [4.69, 9.17) is 4.74 Å². The highest BCUT2D eigenvalue weighted by molar-refractivity contribution is 7.09. The lowest BCUT2D eigenvalue weighted by Crippen LogP contribution is -2.25. The third-order valence-electron chi connectivity index (χ3n) is 4.05. The van der Waals surface area contributed by atoms with Crippen LogP contribution in [0, 0.1) is 0 Å². The molecule has 1 saturated carbocycles. The largest absolute Gasteiger partial charge is 0.493 e. The van der Waals surface area contributed by atoms with Crippen molar-refractivity contribution < 1.29 is 4.74 Å². The molecular formula is C18H23NOS. The smallest absolute Gasteiger partial charge is 0.119 e. The van der Waals surface area contributed by atoms with Crippen molar-refractivity contribution >= 4 is 11.3 Å². The summed E-state index contributed by atoms with van der Waals surface area (Å²) in [6.07, 6.45) is 6.41. The summed E-state index contributed by atoms with van der Waals surface area (Å²) in [5.74, 6) is 0.984. The number of ether oxygens (including phenoxy) is 1. The Morgan fingerprint density at radius 3 is 2.86 bits per heavy atom. The number of rotatable bonds is 7. The Hall–Kier alpha value is -1.32. The molecule has 0 amide bonds. The van der Waals surface area contributed by atoms with Crippen LogP contribution in [0.2, 0.25) is 0 Å². The predicted octanol–water partition coefficient (Wildman–Crippen LogP) is 4.40. The van der Waals surface area contributed by atoms with Gasteiger partial charge in [-0.3, -0.25) is 0 Å². The van der Waals surface area contributed by atoms with Gasteiger partial charge < -0.3 is 10.1 Å². The maximum Gasteiger partial charge on any atom is 0.119 e. The van der Waals surface area contributed by atoms with E-state index in [2.05, 4.69) is 41.0 Å². The van der Waals surface area contributed by atoms with Crippen LogP contribution in [-0.2, 0) is 13.0 Å². The maximum absolute atomic E-state index is 5.87. The third kappa shape index (κ3) is 4.58. The van der Waals surface area contributed by atoms with Crippen molar-refractivity contribution in [3.8, 4) is 5.75 Å². The van der Waals surface area contributed by atoms with Gasteiger partial charge in [-0.1, -0.05) is 31.0 Å². The molecule has 0 bridgehead atoms. The van der Waals surface area contributed by atoms with Gasteiger partial charge >= 0.3 is 0 Å². The molecule has 0 saturated heterocycles. The molecule has 0 spiro atoms. The Morgan fingerprint density at radius 1 is 1.14 bits per heavy atom. The summed E-state index contributed by atoms with van der Waals surface area (Å²) in [5.41, 5.74) is 1.32. The van der Waals surface area contributed by atoms with E-state index < -0.39 is 0 Å². The zero-order chi connectivity index (χ0) is 14.3. The highest BCUT2D eigenvalue weighted by Gasteiger charge is 2.13. The number of hydrogen-bond donors (Lipinski definition) is 1. The molecule has 21 heavy (non-hydrogen) atoms. The van der Waals surface area contributed by atoms with Crippen molar-refractivity contribution in [3.63, 3.8) is 0 Å². The molecule has 2 nitrogen and oxygen atoms in total. The second-order valence-corrected chi connectivity index (χ2v) is 6.72. The van der Waals surface area contributed by atoms with Gasteiger partial charge in [0.05, 0.1) is 6.61 Å². The van der Waals surface area contributed by atoms with Crippen LogP contribution in [-0.4, -0.2) is 12.6 Å². The van der Waals surface area contributed by atoms with E-state index in [-0.39, 0.29) is 0 Å². The standard InChI is InChI=1S/C18H23NOS/c1-2-7-16(6-1)19-14-15-5-3-8-17(13-15)20-11-10-18-9-4-12-21-18/h3-5,8-9,12-13,16,19H,1-2,6-7,10-11,14H2. The predicted molar refractivity (Wildman–Crippen MR) is 89.1 cm³/mol. The van der Waals surface area contributed by atoms with Crippen LogP contribution >= 0.6 is 11.3 Å². The monoisotopic (exact) mass is 301 g/mol. The van der Waals surface area contributed by atoms with Gasteiger partial charge in [0.25, 0.3) is 0 Å². The molecule has 0 aliphatic heterocycles. The summed E-state index contributed by atoms with van der Waals surface area (Å²) < 4.78 is 5.87. The zero-order valence-corrected chi connectivity index (χ0v) is 13.2. The highest BCUT2D eigenvalue weighted by atomic mass is 32.1. The molecule has 3 heteroatoms. The Kier molecular flexibility index (Phi) is 5.30. The summed E-state index contributed by atoms with van der Waals surface area (Å²) >= 11 is 1.79. The van der Waals surface area contributed by atoms with Crippen molar-refractivity contribution in [3.05, 3.63) is 52.2 Å². The van der Waals surface area contributed by atoms with Gasteiger partial charge in [-0.15, -0.1) is 11.3 Å². The lowest BCUT2D eigenvalue weighted by molar-refractivity contribution is 0.322. The molecule has 1 aromatic carbocycles. The molecule has 1 aliphatic carbocycles. The number of benzene rings is 1. The van der Waals surface area contributed by atoms with Crippen molar-refractivity contribution in [2.45, 2.75) is 44.7 Å². The first-order valence-electron chi connectivity index (χ1n) is 7.88. The van der Waals surface area contributed by atoms with E-state index in [0.717, 1.165) is 25.3 Å². The first kappa shape index (κ1) is 14.6. The van der Waals surface area contributed by atoms with E-state index in [0.29, 0.717) is 6.04 Å². The van der Waals surface area contributed by atoms with Crippen LogP contribution in [0.15, 0.2) is 41.8 Å². The number of hydrogen-bond acceptors (Lipinski definition) is 3. The van der Waals surface area contributed by atoms with Gasteiger partial charge in [-0.05, 0) is 42.0 Å². The van der Waals surface area contributed by atoms with Crippen LogP contribution in [0.1, 0.15) is 36.1 Å². The Balaban J connectivity index is 1.45. The van der Waals surface area contributed by atoms with Gasteiger partial charge in [0.1, 0.15) is 5.75 Å². The zero-order valence-electron chi connectivity index (χ0n) is 12.4. The van der Waals surface area contributed by atoms with Crippen molar-refractivity contribution in [2.75, 3.05) is 6.61 Å². The summed E-state index contributed by atoms with van der Waals surface area (Å²) in [6, 6.07) is 13.4. The van der Waals surface area contributed by atoms with E-state index in [1.807, 2.05) is 6.07 Å². The van der Waals surface area contributed by atoms with Crippen LogP contribution in [0.4, 0.5) is 0 Å². The Morgan fingerprint density at radius 2 is 2.05 bits per heavy atom. The summed E-state index contributed by atoms with van der Waals surface area (Å²) in [6.45, 7) is 1.70. The second kappa shape index (κ2) is 7.62. The van der Waals surface area contributed by atoms with Crippen LogP contribution < -0.4 is 10.1 Å². The molecule has 1 aromatic heterocycles. The molecule has 2 aromatic rings. The van der Waals surface area contributed by atoms with E-state index in [9.17, 15) is 0 Å². The molecule has 0 radical (unpaired) electrons. The quantitative estimate of drug-likeness (QED) is 0.818. The molecule has 0 atom stereocenters. The number of nitrogens with one attached hydrogen (secondary N) is 1. The van der Waals surface area contributed by atoms with Crippen LogP contribution in [0.5, 0.6) is 5.75 Å². The summed E-state index contributed by atoms with van der Waals surface area (Å²) in [5, 5.41) is 5.77. The molecule has 1 fully saturated rings. The topological polar surface area (TPSA) is 21.3 Å². The van der Waals surface area contributed by atoms with E-state index in [1.54, 1.807) is 11.3 Å². The molecule has 1 heterocycles. The van der Waals surface area contributed by atoms with Crippen molar-refractivity contribution in [1.29, 1.82) is 0 Å². The molecule has 1 N–H and O–H groups in total. The SMILES string of the molecule is c1cc(CNC2CCCC2)cc(OCCc2cccs2)c1. The van der Waals surface area contributed by atoms with E-state index in [1.165, 1.54) is 36.1 Å². The van der Waals surface area contributed by atoms with Gasteiger partial charge in [0, 0.05) is 23.9 Å². The number of thiophene rings is 1. The lowest BCUT2D eigenvalue weighted by atomic mass is 10.2. The Labute approximate surface area is 131 Å². The fourth-order valence-electron chi connectivity index (χ4n) is 2.86. The molecular weight excluding hydrogens is 278 g/mol. The van der Waals surface area contributed by atoms with Crippen LogP contribution in [0.3, 0.4) is 0 Å². The van der Waals surface area contributed by atoms with Crippen molar-refractivity contribution in [1.82, 2.24) is 5.32 Å². The maximum atomic E-state index is 5.87. The fourth-order valence-corrected chi connectivity index (χ4v) is 3.55. The van der Waals surface area contributed by atoms with Gasteiger partial charge in [-0.2, -0.15) is 0 Å². The van der Waals surface area contributed by atoms with Gasteiger partial charge in [0.15, 0.2) is 0 Å². The molecule has 1 aliphatic rings. The van der Waals surface area contributed by atoms with E-state index >= 15 is 0 Å². The minimum Gasteiger partial charge on any atom is -0.493 e. The van der Waals surface area contributed by atoms with Crippen LogP contribution in [0.25, 0.3) is 0 Å². The third-order valence-corrected chi connectivity index (χ3v) is 4.98. The molecule has 3 rings (SSSR count). The van der Waals surface area contributed by atoms with Gasteiger partial charge in [0.2, 0.25) is 0 Å². The average molecular weight is 301 g/mol. The molecule has 0 unspecified atom stereocenters. The normalized spacial score (nSPS) is 15.4. The summed E-state index contributed by atoms with van der Waals surface area (Å²) in [4.78, 5) is 1.38.